The number of aliphatic carboxylic acids is 1. The Morgan fingerprint density at radius 2 is 1.78 bits per heavy atom. The Hall–Kier alpha value is -2.71. The van der Waals surface area contributed by atoms with Crippen LogP contribution in [0.25, 0.3) is 0 Å². The lowest BCUT2D eigenvalue weighted by molar-refractivity contribution is -0.160. The number of amides is 2. The van der Waals surface area contributed by atoms with Gasteiger partial charge in [0.05, 0.1) is 6.42 Å². The largest absolute Gasteiger partial charge is 0.480 e. The summed E-state index contributed by atoms with van der Waals surface area (Å²) in [5.41, 5.74) is 1.38. The normalized spacial score (nSPS) is 33.8. The van der Waals surface area contributed by atoms with E-state index in [0.29, 0.717) is 37.0 Å². The molecule has 0 aromatic carbocycles. The number of allylic oxidation sites excluding steroid dienone is 1. The smallest absolute Gasteiger partial charge is 0.326 e. The summed E-state index contributed by atoms with van der Waals surface area (Å²) in [6.45, 7) is 8.07. The zero-order valence-electron chi connectivity index (χ0n) is 25.1. The summed E-state index contributed by atoms with van der Waals surface area (Å²) in [7, 11) is 0. The number of carbonyl (C=O) groups excluding carboxylic acids is 4. The minimum Gasteiger partial charge on any atom is -0.480 e. The molecule has 228 valence electrons. The van der Waals surface area contributed by atoms with Crippen LogP contribution < -0.4 is 10.6 Å². The lowest BCUT2D eigenvalue weighted by Gasteiger charge is -2.57. The number of fused-ring (bicyclic) bond motifs is 5. The van der Waals surface area contributed by atoms with E-state index in [9.17, 15) is 29.1 Å². The number of carboxylic acids is 1. The van der Waals surface area contributed by atoms with E-state index in [4.69, 9.17) is 4.74 Å². The van der Waals surface area contributed by atoms with Crippen LogP contribution in [0, 0.1) is 28.6 Å². The molecule has 0 heterocycles. The van der Waals surface area contributed by atoms with E-state index in [2.05, 4.69) is 24.5 Å². The molecular formula is C32H48N2O7. The number of carbonyl (C=O) groups is 5. The molecule has 0 aliphatic heterocycles. The molecule has 0 spiro atoms. The molecule has 3 saturated carbocycles. The Labute approximate surface area is 243 Å². The highest BCUT2D eigenvalue weighted by atomic mass is 16.5. The average molecular weight is 573 g/mol. The van der Waals surface area contributed by atoms with Crippen molar-refractivity contribution in [1.82, 2.24) is 10.6 Å². The third kappa shape index (κ3) is 6.54. The molecule has 0 aromatic heterocycles. The monoisotopic (exact) mass is 572 g/mol. The molecule has 41 heavy (non-hydrogen) atoms. The molecule has 0 radical (unpaired) electrons. The number of carboxylic acid groups (broad SMARTS) is 1. The van der Waals surface area contributed by atoms with E-state index in [1.54, 1.807) is 0 Å². The first kappa shape index (κ1) is 31.2. The summed E-state index contributed by atoms with van der Waals surface area (Å²) in [5.74, 6) is -0.611. The zero-order chi connectivity index (χ0) is 29.9. The van der Waals surface area contributed by atoms with Crippen molar-refractivity contribution in [3.05, 3.63) is 11.6 Å². The number of ketones is 1. The van der Waals surface area contributed by atoms with Crippen molar-refractivity contribution in [2.45, 2.75) is 129 Å². The van der Waals surface area contributed by atoms with Gasteiger partial charge in [-0.05, 0) is 87.5 Å². The van der Waals surface area contributed by atoms with Crippen LogP contribution in [0.5, 0.6) is 0 Å². The average Bonchev–Trinajstić information content (AvgIpc) is 3.25. The van der Waals surface area contributed by atoms with E-state index in [-0.39, 0.29) is 35.6 Å². The Morgan fingerprint density at radius 3 is 2.49 bits per heavy atom. The van der Waals surface area contributed by atoms with Crippen LogP contribution in [0.15, 0.2) is 11.6 Å². The molecule has 9 nitrogen and oxygen atoms in total. The Kier molecular flexibility index (Phi) is 9.64. The molecule has 0 unspecified atom stereocenters. The van der Waals surface area contributed by atoms with E-state index >= 15 is 0 Å². The lowest BCUT2D eigenvalue weighted by atomic mass is 9.47. The summed E-state index contributed by atoms with van der Waals surface area (Å²) in [6, 6.07) is -1.91. The highest BCUT2D eigenvalue weighted by molar-refractivity contribution is 5.92. The van der Waals surface area contributed by atoms with Crippen LogP contribution in [-0.4, -0.2) is 52.8 Å². The van der Waals surface area contributed by atoms with Gasteiger partial charge in [-0.3, -0.25) is 19.2 Å². The maximum absolute atomic E-state index is 12.8. The predicted octanol–water partition coefficient (Wildman–Crippen LogP) is 4.47. The molecule has 8 atom stereocenters. The molecule has 4 aliphatic rings. The van der Waals surface area contributed by atoms with Crippen LogP contribution in [0.3, 0.4) is 0 Å². The molecule has 0 bridgehead atoms. The van der Waals surface area contributed by atoms with Crippen molar-refractivity contribution in [2.75, 3.05) is 0 Å². The molecule has 3 N–H and O–H groups in total. The molecule has 9 heteroatoms. The molecule has 0 aromatic rings. The lowest BCUT2D eigenvalue weighted by Crippen LogP contribution is -2.51. The van der Waals surface area contributed by atoms with Gasteiger partial charge in [0.15, 0.2) is 5.78 Å². The van der Waals surface area contributed by atoms with Crippen molar-refractivity contribution in [2.24, 2.45) is 28.6 Å². The van der Waals surface area contributed by atoms with Crippen LogP contribution in [0.2, 0.25) is 0 Å². The third-order valence-electron chi connectivity index (χ3n) is 10.9. The van der Waals surface area contributed by atoms with E-state index < -0.39 is 35.8 Å². The maximum atomic E-state index is 12.8. The van der Waals surface area contributed by atoms with Crippen molar-refractivity contribution in [1.29, 1.82) is 0 Å². The highest BCUT2D eigenvalue weighted by Crippen LogP contribution is 2.65. The topological polar surface area (TPSA) is 139 Å². The van der Waals surface area contributed by atoms with Gasteiger partial charge in [-0.1, -0.05) is 39.2 Å². The Bertz CT molecular complexity index is 1090. The first-order valence-corrected chi connectivity index (χ1v) is 15.6. The molecular weight excluding hydrogens is 524 g/mol. The second-order valence-corrected chi connectivity index (χ2v) is 13.4. The standard InChI is InChI=1S/C32H48N2O7/c1-5-6-7-25(30(39)40)34-29(38)19(2)33-27(36)12-13-28(37)41-26-11-10-23-22-9-8-20-18-21(35)14-16-31(20,3)24(22)15-17-32(23,26)4/h18-19,22-26H,5-17H2,1-4H3,(H,33,36)(H,34,38)(H,39,40)/t19-,22-,23+,24-,25-,26+,31-,32-/m0/s1. The van der Waals surface area contributed by atoms with Crippen LogP contribution >= 0.6 is 0 Å². The van der Waals surface area contributed by atoms with Crippen molar-refractivity contribution < 1.29 is 33.8 Å². The molecule has 4 aliphatic carbocycles. The van der Waals surface area contributed by atoms with E-state index in [1.165, 1.54) is 12.5 Å². The first-order chi connectivity index (χ1) is 19.4. The highest BCUT2D eigenvalue weighted by Gasteiger charge is 2.60. The quantitative estimate of drug-likeness (QED) is 0.310. The van der Waals surface area contributed by atoms with Crippen LogP contribution in [-0.2, 0) is 28.7 Å². The zero-order valence-corrected chi connectivity index (χ0v) is 25.1. The summed E-state index contributed by atoms with van der Waals surface area (Å²) in [4.78, 5) is 61.2. The van der Waals surface area contributed by atoms with Crippen molar-refractivity contribution in [3.8, 4) is 0 Å². The van der Waals surface area contributed by atoms with Gasteiger partial charge in [0.1, 0.15) is 18.2 Å². The fourth-order valence-corrected chi connectivity index (χ4v) is 8.48. The van der Waals surface area contributed by atoms with Gasteiger partial charge in [0.25, 0.3) is 0 Å². The molecule has 4 rings (SSSR count). The van der Waals surface area contributed by atoms with Crippen molar-refractivity contribution >= 4 is 29.5 Å². The summed E-state index contributed by atoms with van der Waals surface area (Å²) in [5, 5.41) is 14.4. The molecule has 3 fully saturated rings. The Balaban J connectivity index is 1.26. The fourth-order valence-electron chi connectivity index (χ4n) is 8.48. The Morgan fingerprint density at radius 1 is 1.02 bits per heavy atom. The number of hydrogen-bond acceptors (Lipinski definition) is 6. The molecule has 2 amide bonds. The summed E-state index contributed by atoms with van der Waals surface area (Å²) >= 11 is 0. The summed E-state index contributed by atoms with van der Waals surface area (Å²) in [6.07, 6.45) is 11.0. The predicted molar refractivity (Wildman–Crippen MR) is 153 cm³/mol. The van der Waals surface area contributed by atoms with Crippen LogP contribution in [0.1, 0.15) is 111 Å². The minimum atomic E-state index is -1.10. The maximum Gasteiger partial charge on any atom is 0.326 e. The van der Waals surface area contributed by atoms with Crippen molar-refractivity contribution in [3.63, 3.8) is 0 Å². The number of nitrogens with one attached hydrogen (secondary N) is 2. The number of ether oxygens (including phenoxy) is 1. The number of unbranched alkanes of at least 4 members (excludes halogenated alkanes) is 1. The van der Waals surface area contributed by atoms with Gasteiger partial charge in [0.2, 0.25) is 11.8 Å². The van der Waals surface area contributed by atoms with Gasteiger partial charge in [-0.15, -0.1) is 0 Å². The minimum absolute atomic E-state index is 0.0715. The third-order valence-corrected chi connectivity index (χ3v) is 10.9. The second-order valence-electron chi connectivity index (χ2n) is 13.4. The van der Waals surface area contributed by atoms with Gasteiger partial charge < -0.3 is 20.5 Å². The van der Waals surface area contributed by atoms with E-state index in [1.807, 2.05) is 13.0 Å². The fraction of sp³-hybridized carbons (Fsp3) is 0.781. The SMILES string of the molecule is CCCC[C@H](NC(=O)[C@H](C)NC(=O)CCC(=O)O[C@@H]1CC[C@@H]2[C@@H]3CCC4=CC(=O)CC[C@]4(C)[C@H]3CC[C@@]21C)C(=O)O. The van der Waals surface area contributed by atoms with E-state index in [0.717, 1.165) is 51.4 Å². The van der Waals surface area contributed by atoms with Gasteiger partial charge in [0, 0.05) is 18.3 Å². The number of esters is 1. The van der Waals surface area contributed by atoms with Gasteiger partial charge >= 0.3 is 11.9 Å². The first-order valence-electron chi connectivity index (χ1n) is 15.6. The second kappa shape index (κ2) is 12.7. The number of rotatable bonds is 11. The molecule has 0 saturated heterocycles. The number of hydrogen-bond donors (Lipinski definition) is 3. The van der Waals surface area contributed by atoms with Gasteiger partial charge in [-0.25, -0.2) is 4.79 Å². The van der Waals surface area contributed by atoms with Crippen LogP contribution in [0.4, 0.5) is 0 Å². The summed E-state index contributed by atoms with van der Waals surface area (Å²) < 4.78 is 6.01. The van der Waals surface area contributed by atoms with Gasteiger partial charge in [-0.2, -0.15) is 0 Å².